The summed E-state index contributed by atoms with van der Waals surface area (Å²) >= 11 is 6.16. The highest BCUT2D eigenvalue weighted by Gasteiger charge is 2.47. The minimum Gasteiger partial charge on any atom is -0.507 e. The number of benzene rings is 3. The molecule has 1 atom stereocenters. The fourth-order valence-corrected chi connectivity index (χ4v) is 4.52. The summed E-state index contributed by atoms with van der Waals surface area (Å²) in [6.07, 6.45) is 0. The summed E-state index contributed by atoms with van der Waals surface area (Å²) in [4.78, 5) is 28.2. The molecular formula is C29H28ClNO5. The van der Waals surface area contributed by atoms with Crippen LogP contribution in [0.1, 0.15) is 49.4 Å². The van der Waals surface area contributed by atoms with Gasteiger partial charge in [0.25, 0.3) is 11.7 Å². The van der Waals surface area contributed by atoms with E-state index < -0.39 is 17.7 Å². The fourth-order valence-electron chi connectivity index (χ4n) is 4.33. The van der Waals surface area contributed by atoms with Crippen molar-refractivity contribution < 1.29 is 24.2 Å². The van der Waals surface area contributed by atoms with Crippen molar-refractivity contribution in [3.63, 3.8) is 0 Å². The number of nitrogens with zero attached hydrogens (tertiary/aromatic N) is 1. The number of aliphatic hydroxyl groups is 1. The zero-order chi connectivity index (χ0) is 26.0. The quantitative estimate of drug-likeness (QED) is 0.225. The minimum atomic E-state index is -0.843. The van der Waals surface area contributed by atoms with Gasteiger partial charge in [0.15, 0.2) is 0 Å². The number of ether oxygens (including phenoxy) is 2. The number of Topliss-reactive ketones (excluding diaryl/α,β-unsaturated/α-hetero) is 1. The van der Waals surface area contributed by atoms with Crippen LogP contribution in [0.3, 0.4) is 0 Å². The van der Waals surface area contributed by atoms with Crippen LogP contribution in [0.5, 0.6) is 11.5 Å². The lowest BCUT2D eigenvalue weighted by Crippen LogP contribution is -2.29. The van der Waals surface area contributed by atoms with Crippen LogP contribution in [-0.4, -0.2) is 30.5 Å². The lowest BCUT2D eigenvalue weighted by molar-refractivity contribution is -0.132. The minimum absolute atomic E-state index is 0.0107. The highest BCUT2D eigenvalue weighted by Crippen LogP contribution is 2.43. The summed E-state index contributed by atoms with van der Waals surface area (Å²) in [5.41, 5.74) is 2.62. The van der Waals surface area contributed by atoms with Crippen molar-refractivity contribution in [1.29, 1.82) is 0 Å². The first-order valence-electron chi connectivity index (χ1n) is 11.7. The van der Waals surface area contributed by atoms with E-state index in [4.69, 9.17) is 21.1 Å². The SMILES string of the molecule is CCOc1cccc(N2C(=O)C(=O)/C(=C(/O)c3ccc(Cl)c(OC)c3)C2c2ccc(C(C)C)cc2)c1. The van der Waals surface area contributed by atoms with E-state index in [0.29, 0.717) is 45.9 Å². The molecule has 0 spiro atoms. The number of anilines is 1. The third-order valence-electron chi connectivity index (χ3n) is 6.19. The molecule has 0 bridgehead atoms. The fraction of sp³-hybridized carbons (Fsp3) is 0.241. The van der Waals surface area contributed by atoms with Crippen molar-refractivity contribution in [2.75, 3.05) is 18.6 Å². The molecule has 4 rings (SSSR count). The molecule has 0 saturated carbocycles. The van der Waals surface area contributed by atoms with E-state index >= 15 is 0 Å². The second-order valence-electron chi connectivity index (χ2n) is 8.77. The molecule has 186 valence electrons. The van der Waals surface area contributed by atoms with E-state index in [0.717, 1.165) is 5.56 Å². The molecule has 6 nitrogen and oxygen atoms in total. The second-order valence-corrected chi connectivity index (χ2v) is 9.18. The van der Waals surface area contributed by atoms with E-state index in [1.54, 1.807) is 42.5 Å². The lowest BCUT2D eigenvalue weighted by Gasteiger charge is -2.26. The maximum Gasteiger partial charge on any atom is 0.300 e. The number of carbonyl (C=O) groups is 2. The molecule has 7 heteroatoms. The molecule has 1 unspecified atom stereocenters. The number of methoxy groups -OCH3 is 1. The molecule has 36 heavy (non-hydrogen) atoms. The van der Waals surface area contributed by atoms with Gasteiger partial charge in [0.2, 0.25) is 0 Å². The number of hydrogen-bond acceptors (Lipinski definition) is 5. The monoisotopic (exact) mass is 505 g/mol. The van der Waals surface area contributed by atoms with Crippen molar-refractivity contribution >= 4 is 34.7 Å². The van der Waals surface area contributed by atoms with Gasteiger partial charge in [-0.3, -0.25) is 14.5 Å². The summed E-state index contributed by atoms with van der Waals surface area (Å²) in [7, 11) is 1.46. The zero-order valence-corrected chi connectivity index (χ0v) is 21.4. The number of carbonyl (C=O) groups excluding carboxylic acids is 2. The van der Waals surface area contributed by atoms with Crippen LogP contribution < -0.4 is 14.4 Å². The Balaban J connectivity index is 1.92. The second kappa shape index (κ2) is 10.5. The zero-order valence-electron chi connectivity index (χ0n) is 20.6. The Morgan fingerprint density at radius 1 is 1.06 bits per heavy atom. The maximum atomic E-state index is 13.4. The van der Waals surface area contributed by atoms with Gasteiger partial charge in [0, 0.05) is 17.3 Å². The smallest absolute Gasteiger partial charge is 0.300 e. The van der Waals surface area contributed by atoms with Gasteiger partial charge in [0.1, 0.15) is 17.3 Å². The molecule has 1 aliphatic heterocycles. The molecule has 0 aliphatic carbocycles. The van der Waals surface area contributed by atoms with E-state index in [1.807, 2.05) is 31.2 Å². The number of amides is 1. The first kappa shape index (κ1) is 25.3. The van der Waals surface area contributed by atoms with Gasteiger partial charge < -0.3 is 14.6 Å². The van der Waals surface area contributed by atoms with Crippen LogP contribution in [0.2, 0.25) is 5.02 Å². The van der Waals surface area contributed by atoms with Crippen LogP contribution in [0.15, 0.2) is 72.3 Å². The molecular weight excluding hydrogens is 478 g/mol. The average molecular weight is 506 g/mol. The summed E-state index contributed by atoms with van der Waals surface area (Å²) in [6, 6.07) is 18.6. The van der Waals surface area contributed by atoms with Crippen molar-refractivity contribution in [2.24, 2.45) is 0 Å². The highest BCUT2D eigenvalue weighted by molar-refractivity contribution is 6.51. The van der Waals surface area contributed by atoms with Crippen LogP contribution in [0, 0.1) is 0 Å². The number of halogens is 1. The van der Waals surface area contributed by atoms with Crippen LogP contribution in [0.4, 0.5) is 5.69 Å². The van der Waals surface area contributed by atoms with Crippen LogP contribution in [-0.2, 0) is 9.59 Å². The predicted molar refractivity (Wildman–Crippen MR) is 141 cm³/mol. The molecule has 3 aromatic rings. The van der Waals surface area contributed by atoms with Gasteiger partial charge in [-0.1, -0.05) is 55.8 Å². The Morgan fingerprint density at radius 2 is 1.78 bits per heavy atom. The standard InChI is InChI=1S/C29H28ClNO5/c1-5-36-22-8-6-7-21(16-22)31-26(19-11-9-18(10-12-19)17(2)3)25(28(33)29(31)34)27(32)20-13-14-23(30)24(15-20)35-4/h6-17,26,32H,5H2,1-4H3/b27-25+. The summed E-state index contributed by atoms with van der Waals surface area (Å²) in [5, 5.41) is 11.7. The van der Waals surface area contributed by atoms with Gasteiger partial charge in [0.05, 0.1) is 30.4 Å². The molecule has 1 N–H and O–H groups in total. The molecule has 1 aliphatic rings. The van der Waals surface area contributed by atoms with Gasteiger partial charge in [-0.2, -0.15) is 0 Å². The molecule has 1 saturated heterocycles. The Labute approximate surface area is 215 Å². The molecule has 1 amide bonds. The van der Waals surface area contributed by atoms with Crippen molar-refractivity contribution in [3.8, 4) is 11.5 Å². The largest absolute Gasteiger partial charge is 0.507 e. The average Bonchev–Trinajstić information content (AvgIpc) is 3.14. The molecule has 0 aromatic heterocycles. The topological polar surface area (TPSA) is 76.1 Å². The molecule has 3 aromatic carbocycles. The van der Waals surface area contributed by atoms with Crippen molar-refractivity contribution in [1.82, 2.24) is 0 Å². The highest BCUT2D eigenvalue weighted by atomic mass is 35.5. The number of hydrogen-bond donors (Lipinski definition) is 1. The normalized spacial score (nSPS) is 17.1. The summed E-state index contributed by atoms with van der Waals surface area (Å²) in [6.45, 7) is 6.51. The Morgan fingerprint density at radius 3 is 2.42 bits per heavy atom. The first-order valence-corrected chi connectivity index (χ1v) is 12.1. The van der Waals surface area contributed by atoms with E-state index in [2.05, 4.69) is 13.8 Å². The molecule has 1 fully saturated rings. The van der Waals surface area contributed by atoms with Gasteiger partial charge in [-0.25, -0.2) is 0 Å². The van der Waals surface area contributed by atoms with Crippen LogP contribution in [0.25, 0.3) is 5.76 Å². The van der Waals surface area contributed by atoms with Crippen molar-refractivity contribution in [2.45, 2.75) is 32.7 Å². The molecule has 1 heterocycles. The lowest BCUT2D eigenvalue weighted by atomic mass is 9.93. The first-order chi connectivity index (χ1) is 17.3. The van der Waals surface area contributed by atoms with Gasteiger partial charge in [-0.05, 0) is 54.3 Å². The summed E-state index contributed by atoms with van der Waals surface area (Å²) < 4.78 is 10.9. The Hall–Kier alpha value is -3.77. The third-order valence-corrected chi connectivity index (χ3v) is 6.51. The molecule has 0 radical (unpaired) electrons. The Kier molecular flexibility index (Phi) is 7.36. The van der Waals surface area contributed by atoms with Gasteiger partial charge in [-0.15, -0.1) is 0 Å². The van der Waals surface area contributed by atoms with Crippen LogP contribution >= 0.6 is 11.6 Å². The Bertz CT molecular complexity index is 1330. The number of aliphatic hydroxyl groups excluding tert-OH is 1. The predicted octanol–water partition coefficient (Wildman–Crippen LogP) is 6.50. The maximum absolute atomic E-state index is 13.4. The van der Waals surface area contributed by atoms with E-state index in [-0.39, 0.29) is 11.3 Å². The van der Waals surface area contributed by atoms with Crippen molar-refractivity contribution in [3.05, 3.63) is 94.0 Å². The number of ketones is 1. The third kappa shape index (κ3) is 4.69. The number of rotatable bonds is 7. The van der Waals surface area contributed by atoms with Gasteiger partial charge >= 0.3 is 0 Å². The van der Waals surface area contributed by atoms with E-state index in [1.165, 1.54) is 12.0 Å². The summed E-state index contributed by atoms with van der Waals surface area (Å²) in [5.74, 6) is -0.574. The van der Waals surface area contributed by atoms with E-state index in [9.17, 15) is 14.7 Å².